The maximum Gasteiger partial charge on any atom is 0.221 e. The van der Waals surface area contributed by atoms with E-state index < -0.39 is 0 Å². The van der Waals surface area contributed by atoms with Gasteiger partial charge in [-0.1, -0.05) is 5.16 Å². The van der Waals surface area contributed by atoms with Crippen molar-refractivity contribution in [1.29, 1.82) is 0 Å². The zero-order chi connectivity index (χ0) is 15.7. The predicted octanol–water partition coefficient (Wildman–Crippen LogP) is 0.406. The first kappa shape index (κ1) is 16.8. The largest absolute Gasteiger partial charge is 0.496 e. The Kier molecular flexibility index (Phi) is 7.03. The van der Waals surface area contributed by atoms with Gasteiger partial charge >= 0.3 is 0 Å². The molecule has 0 aliphatic carbocycles. The summed E-state index contributed by atoms with van der Waals surface area (Å²) >= 11 is 0. The van der Waals surface area contributed by atoms with Crippen molar-refractivity contribution < 1.29 is 14.7 Å². The maximum atomic E-state index is 11.3. The molecule has 0 unspecified atom stereocenters. The molecule has 1 aromatic carbocycles. The van der Waals surface area contributed by atoms with E-state index in [2.05, 4.69) is 15.8 Å². The summed E-state index contributed by atoms with van der Waals surface area (Å²) in [4.78, 5) is 11.3. The molecule has 21 heavy (non-hydrogen) atoms. The molecule has 5 N–H and O–H groups in total. The van der Waals surface area contributed by atoms with Crippen LogP contribution in [-0.2, 0) is 11.3 Å². The number of ether oxygens (including phenoxy) is 1. The van der Waals surface area contributed by atoms with Gasteiger partial charge in [-0.2, -0.15) is 0 Å². The topological polar surface area (TPSA) is 109 Å². The Balaban J connectivity index is 2.62. The summed E-state index contributed by atoms with van der Waals surface area (Å²) in [5, 5.41) is 17.6. The van der Waals surface area contributed by atoms with Crippen molar-refractivity contribution in [2.75, 3.05) is 20.2 Å². The van der Waals surface area contributed by atoms with Crippen LogP contribution in [0.2, 0.25) is 0 Å². The molecule has 0 aromatic heterocycles. The third-order valence-corrected chi connectivity index (χ3v) is 2.90. The minimum Gasteiger partial charge on any atom is -0.496 e. The third kappa shape index (κ3) is 5.31. The summed E-state index contributed by atoms with van der Waals surface area (Å²) < 4.78 is 5.27. The zero-order valence-corrected chi connectivity index (χ0v) is 12.3. The lowest BCUT2D eigenvalue weighted by Crippen LogP contribution is -2.27. The van der Waals surface area contributed by atoms with Crippen molar-refractivity contribution in [3.63, 3.8) is 0 Å². The molecule has 1 aromatic rings. The molecule has 0 aliphatic heterocycles. The first-order valence-corrected chi connectivity index (χ1v) is 6.74. The van der Waals surface area contributed by atoms with Gasteiger partial charge in [0.2, 0.25) is 5.91 Å². The van der Waals surface area contributed by atoms with Crippen molar-refractivity contribution in [3.8, 4) is 5.75 Å². The van der Waals surface area contributed by atoms with Gasteiger partial charge in [0.1, 0.15) is 5.75 Å². The summed E-state index contributed by atoms with van der Waals surface area (Å²) in [7, 11) is 1.58. The van der Waals surface area contributed by atoms with Gasteiger partial charge in [0.15, 0.2) is 5.84 Å². The summed E-state index contributed by atoms with van der Waals surface area (Å²) in [6.07, 6.45) is 0.413. The Morgan fingerprint density at radius 3 is 2.86 bits per heavy atom. The van der Waals surface area contributed by atoms with Crippen molar-refractivity contribution in [1.82, 2.24) is 10.6 Å². The lowest BCUT2D eigenvalue weighted by molar-refractivity contribution is -0.120. The number of carbonyl (C=O) groups is 1. The molecular weight excluding hydrogens is 272 g/mol. The highest BCUT2D eigenvalue weighted by Gasteiger charge is 2.07. The molecular formula is C14H22N4O3. The van der Waals surface area contributed by atoms with E-state index in [4.69, 9.17) is 15.7 Å². The predicted molar refractivity (Wildman–Crippen MR) is 80.5 cm³/mol. The number of hydrogen-bond donors (Lipinski definition) is 4. The van der Waals surface area contributed by atoms with Gasteiger partial charge < -0.3 is 26.3 Å². The van der Waals surface area contributed by atoms with Crippen LogP contribution in [-0.4, -0.2) is 37.1 Å². The number of amides is 1. The second-order valence-corrected chi connectivity index (χ2v) is 4.39. The minimum atomic E-state index is 0.0161. The van der Waals surface area contributed by atoms with Crippen LogP contribution in [0.15, 0.2) is 23.4 Å². The number of rotatable bonds is 8. The number of nitrogens with zero attached hydrogens (tertiary/aromatic N) is 1. The Morgan fingerprint density at radius 2 is 2.24 bits per heavy atom. The van der Waals surface area contributed by atoms with Crippen LogP contribution in [0.25, 0.3) is 0 Å². The monoisotopic (exact) mass is 294 g/mol. The van der Waals surface area contributed by atoms with Crippen LogP contribution in [0.3, 0.4) is 0 Å². The summed E-state index contributed by atoms with van der Waals surface area (Å²) in [6.45, 7) is 3.60. The van der Waals surface area contributed by atoms with E-state index >= 15 is 0 Å². The lowest BCUT2D eigenvalue weighted by Gasteiger charge is -2.11. The summed E-state index contributed by atoms with van der Waals surface area (Å²) in [5.74, 6) is 0.763. The fourth-order valence-corrected chi connectivity index (χ4v) is 1.84. The maximum absolute atomic E-state index is 11.3. The molecule has 0 fully saturated rings. The molecule has 0 atom stereocenters. The van der Waals surface area contributed by atoms with Crippen LogP contribution >= 0.6 is 0 Å². The van der Waals surface area contributed by atoms with Crippen molar-refractivity contribution in [3.05, 3.63) is 29.3 Å². The molecule has 7 nitrogen and oxygen atoms in total. The van der Waals surface area contributed by atoms with E-state index in [9.17, 15) is 4.79 Å². The van der Waals surface area contributed by atoms with Crippen LogP contribution in [0.1, 0.15) is 24.5 Å². The van der Waals surface area contributed by atoms with E-state index in [1.54, 1.807) is 25.3 Å². The molecule has 116 valence electrons. The highest BCUT2D eigenvalue weighted by molar-refractivity contribution is 5.97. The molecule has 0 bridgehead atoms. The molecule has 1 amide bonds. The second kappa shape index (κ2) is 8.80. The summed E-state index contributed by atoms with van der Waals surface area (Å²) in [5.41, 5.74) is 7.05. The number of hydrogen-bond acceptors (Lipinski definition) is 5. The molecule has 0 saturated carbocycles. The molecule has 0 radical (unpaired) electrons. The first-order chi connectivity index (χ1) is 10.1. The minimum absolute atomic E-state index is 0.0161. The van der Waals surface area contributed by atoms with Crippen LogP contribution in [0.4, 0.5) is 0 Å². The second-order valence-electron chi connectivity index (χ2n) is 4.39. The van der Waals surface area contributed by atoms with E-state index in [-0.39, 0.29) is 11.7 Å². The van der Waals surface area contributed by atoms with Gasteiger partial charge in [-0.3, -0.25) is 4.79 Å². The van der Waals surface area contributed by atoms with E-state index in [0.29, 0.717) is 37.4 Å². The van der Waals surface area contributed by atoms with E-state index in [1.165, 1.54) is 0 Å². The van der Waals surface area contributed by atoms with Gasteiger partial charge in [-0.25, -0.2) is 0 Å². The van der Waals surface area contributed by atoms with Gasteiger partial charge in [0.05, 0.1) is 7.11 Å². The quantitative estimate of drug-likeness (QED) is 0.182. The van der Waals surface area contributed by atoms with Crippen molar-refractivity contribution in [2.24, 2.45) is 10.9 Å². The van der Waals surface area contributed by atoms with Crippen LogP contribution < -0.4 is 21.1 Å². The molecule has 1 rings (SSSR count). The van der Waals surface area contributed by atoms with Crippen molar-refractivity contribution in [2.45, 2.75) is 19.9 Å². The zero-order valence-electron chi connectivity index (χ0n) is 12.3. The van der Waals surface area contributed by atoms with Gasteiger partial charge in [0, 0.05) is 37.2 Å². The number of carbonyl (C=O) groups excluding carboxylic acids is 1. The number of amidine groups is 1. The molecule has 0 heterocycles. The highest BCUT2D eigenvalue weighted by Crippen LogP contribution is 2.19. The highest BCUT2D eigenvalue weighted by atomic mass is 16.5. The standard InChI is InChI=1S/C14H22N4O3/c1-3-17-13(19)6-7-16-9-11-8-10(14(15)18-20)4-5-12(11)21-2/h4-5,8,16,20H,3,6-7,9H2,1-2H3,(H2,15,18)(H,17,19). The van der Waals surface area contributed by atoms with Crippen LogP contribution in [0, 0.1) is 0 Å². The van der Waals surface area contributed by atoms with E-state index in [0.717, 1.165) is 5.56 Å². The number of methoxy groups -OCH3 is 1. The number of benzene rings is 1. The Morgan fingerprint density at radius 1 is 1.48 bits per heavy atom. The fraction of sp³-hybridized carbons (Fsp3) is 0.429. The molecule has 0 spiro atoms. The van der Waals surface area contributed by atoms with Gasteiger partial charge in [-0.15, -0.1) is 0 Å². The SMILES string of the molecule is CCNC(=O)CCNCc1cc(/C(N)=N/O)ccc1OC. The van der Waals surface area contributed by atoms with E-state index in [1.807, 2.05) is 6.92 Å². The Hall–Kier alpha value is -2.28. The normalized spacial score (nSPS) is 11.2. The summed E-state index contributed by atoms with van der Waals surface area (Å²) in [6, 6.07) is 5.26. The third-order valence-electron chi connectivity index (χ3n) is 2.90. The molecule has 0 saturated heterocycles. The molecule has 0 aliphatic rings. The average Bonchev–Trinajstić information content (AvgIpc) is 2.50. The van der Waals surface area contributed by atoms with Gasteiger partial charge in [0.25, 0.3) is 0 Å². The average molecular weight is 294 g/mol. The number of nitrogens with one attached hydrogen (secondary N) is 2. The Labute approximate surface area is 124 Å². The van der Waals surface area contributed by atoms with Gasteiger partial charge in [-0.05, 0) is 25.1 Å². The lowest BCUT2D eigenvalue weighted by atomic mass is 10.1. The number of oxime groups is 1. The fourth-order valence-electron chi connectivity index (χ4n) is 1.84. The smallest absolute Gasteiger partial charge is 0.221 e. The number of nitrogens with two attached hydrogens (primary N) is 1. The van der Waals surface area contributed by atoms with Crippen molar-refractivity contribution >= 4 is 11.7 Å². The first-order valence-electron chi connectivity index (χ1n) is 6.74. The Bertz CT molecular complexity index is 503. The molecule has 7 heteroatoms. The van der Waals surface area contributed by atoms with Crippen LogP contribution in [0.5, 0.6) is 5.75 Å².